The van der Waals surface area contributed by atoms with Gasteiger partial charge in [0.1, 0.15) is 5.82 Å². The fraction of sp³-hybridized carbons (Fsp3) is 0.294. The zero-order valence-electron chi connectivity index (χ0n) is 11.5. The highest BCUT2D eigenvalue weighted by Gasteiger charge is 2.44. The Morgan fingerprint density at radius 2 is 2.05 bits per heavy atom. The van der Waals surface area contributed by atoms with E-state index in [0.29, 0.717) is 12.1 Å². The molecule has 110 valence electrons. The van der Waals surface area contributed by atoms with E-state index in [4.69, 9.17) is 17.3 Å². The van der Waals surface area contributed by atoms with Crippen molar-refractivity contribution < 1.29 is 9.50 Å². The summed E-state index contributed by atoms with van der Waals surface area (Å²) in [5.74, 6) is -0.412. The van der Waals surface area contributed by atoms with E-state index >= 15 is 0 Å². The fourth-order valence-electron chi connectivity index (χ4n) is 3.35. The molecule has 2 aromatic rings. The van der Waals surface area contributed by atoms with Crippen LogP contribution in [-0.4, -0.2) is 11.7 Å². The van der Waals surface area contributed by atoms with Gasteiger partial charge in [0.15, 0.2) is 0 Å². The molecule has 1 aliphatic rings. The first-order valence-electron chi connectivity index (χ1n) is 7.00. The van der Waals surface area contributed by atoms with Crippen molar-refractivity contribution in [1.82, 2.24) is 0 Å². The minimum atomic E-state index is -0.848. The Morgan fingerprint density at radius 1 is 1.29 bits per heavy atom. The van der Waals surface area contributed by atoms with Crippen LogP contribution in [0.25, 0.3) is 0 Å². The number of benzene rings is 2. The predicted molar refractivity (Wildman–Crippen MR) is 81.9 cm³/mol. The number of rotatable bonds is 3. The van der Waals surface area contributed by atoms with Gasteiger partial charge < -0.3 is 10.8 Å². The summed E-state index contributed by atoms with van der Waals surface area (Å²) in [6.45, 7) is 0.318. The van der Waals surface area contributed by atoms with Crippen molar-refractivity contribution in [2.45, 2.75) is 24.4 Å². The second kappa shape index (κ2) is 5.41. The van der Waals surface area contributed by atoms with Gasteiger partial charge in [-0.3, -0.25) is 0 Å². The second-order valence-electron chi connectivity index (χ2n) is 5.59. The zero-order chi connectivity index (χ0) is 15.0. The number of aryl methyl sites for hydroxylation is 1. The maximum atomic E-state index is 13.2. The van der Waals surface area contributed by atoms with Crippen LogP contribution in [-0.2, 0) is 11.8 Å². The van der Waals surface area contributed by atoms with Crippen molar-refractivity contribution in [3.63, 3.8) is 0 Å². The topological polar surface area (TPSA) is 46.2 Å². The van der Waals surface area contributed by atoms with Gasteiger partial charge in [-0.1, -0.05) is 41.9 Å². The molecular formula is C17H17ClFNO. The van der Waals surface area contributed by atoms with Crippen molar-refractivity contribution in [3.05, 3.63) is 70.0 Å². The van der Waals surface area contributed by atoms with Crippen LogP contribution in [0.3, 0.4) is 0 Å². The summed E-state index contributed by atoms with van der Waals surface area (Å²) in [5, 5.41) is 11.1. The largest absolute Gasteiger partial charge is 0.387 e. The summed E-state index contributed by atoms with van der Waals surface area (Å²) in [4.78, 5) is 0. The molecule has 0 heterocycles. The molecule has 0 bridgehead atoms. The zero-order valence-corrected chi connectivity index (χ0v) is 12.3. The van der Waals surface area contributed by atoms with Crippen LogP contribution in [0.4, 0.5) is 4.39 Å². The Kier molecular flexibility index (Phi) is 3.74. The lowest BCUT2D eigenvalue weighted by Gasteiger charge is -2.35. The second-order valence-corrected chi connectivity index (χ2v) is 5.99. The van der Waals surface area contributed by atoms with E-state index in [-0.39, 0.29) is 5.02 Å². The summed E-state index contributed by atoms with van der Waals surface area (Å²) in [5.41, 5.74) is 8.27. The highest BCUT2D eigenvalue weighted by Crippen LogP contribution is 2.47. The van der Waals surface area contributed by atoms with Crippen LogP contribution in [0.2, 0.25) is 5.02 Å². The minimum absolute atomic E-state index is 0.236. The average molecular weight is 306 g/mol. The minimum Gasteiger partial charge on any atom is -0.387 e. The number of aliphatic hydroxyl groups is 1. The molecule has 0 aromatic heterocycles. The predicted octanol–water partition coefficient (Wildman–Crippen LogP) is 3.36. The fourth-order valence-corrected chi connectivity index (χ4v) is 3.62. The van der Waals surface area contributed by atoms with E-state index in [2.05, 4.69) is 6.07 Å². The number of fused-ring (bicyclic) bond motifs is 1. The van der Waals surface area contributed by atoms with Crippen LogP contribution in [0, 0.1) is 5.82 Å². The van der Waals surface area contributed by atoms with Crippen LogP contribution in [0.1, 0.15) is 29.2 Å². The molecule has 3 N–H and O–H groups in total. The highest BCUT2D eigenvalue weighted by molar-refractivity contribution is 6.31. The van der Waals surface area contributed by atoms with Gasteiger partial charge in [0, 0.05) is 22.5 Å². The van der Waals surface area contributed by atoms with Crippen molar-refractivity contribution in [2.24, 2.45) is 5.73 Å². The van der Waals surface area contributed by atoms with E-state index < -0.39 is 17.3 Å². The summed E-state index contributed by atoms with van der Waals surface area (Å²) >= 11 is 6.11. The van der Waals surface area contributed by atoms with Gasteiger partial charge in [-0.25, -0.2) is 4.39 Å². The third kappa shape index (κ3) is 2.26. The summed E-state index contributed by atoms with van der Waals surface area (Å²) in [7, 11) is 0. The molecule has 3 rings (SSSR count). The van der Waals surface area contributed by atoms with Gasteiger partial charge in [0.05, 0.1) is 6.10 Å². The standard InChI is InChI=1S/C17H17ClFNO/c18-15-9-12(19)5-6-13(15)16(21)17(10-20)8-7-11-3-1-2-4-14(11)17/h1-6,9,16,21H,7-8,10,20H2. The van der Waals surface area contributed by atoms with Crippen molar-refractivity contribution in [3.8, 4) is 0 Å². The van der Waals surface area contributed by atoms with Crippen LogP contribution in [0.5, 0.6) is 0 Å². The maximum absolute atomic E-state index is 13.2. The van der Waals surface area contributed by atoms with E-state index in [9.17, 15) is 9.50 Å². The molecule has 0 fully saturated rings. The van der Waals surface area contributed by atoms with E-state index in [1.807, 2.05) is 18.2 Å². The molecule has 4 heteroatoms. The first-order chi connectivity index (χ1) is 10.1. The Balaban J connectivity index is 2.09. The van der Waals surface area contributed by atoms with Gasteiger partial charge in [0.2, 0.25) is 0 Å². The Hall–Kier alpha value is -1.42. The summed E-state index contributed by atoms with van der Waals surface area (Å²) < 4.78 is 13.2. The molecule has 0 radical (unpaired) electrons. The first kappa shape index (κ1) is 14.5. The van der Waals surface area contributed by atoms with Gasteiger partial charge in [0.25, 0.3) is 0 Å². The number of aliphatic hydroxyl groups excluding tert-OH is 1. The molecule has 2 unspecified atom stereocenters. The van der Waals surface area contributed by atoms with Gasteiger partial charge in [-0.15, -0.1) is 0 Å². The molecule has 2 atom stereocenters. The Labute approximate surface area is 128 Å². The van der Waals surface area contributed by atoms with Gasteiger partial charge in [-0.2, -0.15) is 0 Å². The Morgan fingerprint density at radius 3 is 2.76 bits per heavy atom. The normalized spacial score (nSPS) is 22.1. The third-order valence-electron chi connectivity index (χ3n) is 4.54. The first-order valence-corrected chi connectivity index (χ1v) is 7.38. The lowest BCUT2D eigenvalue weighted by molar-refractivity contribution is 0.0841. The average Bonchev–Trinajstić information content (AvgIpc) is 2.87. The quantitative estimate of drug-likeness (QED) is 0.913. The number of nitrogens with two attached hydrogens (primary N) is 1. The highest BCUT2D eigenvalue weighted by atomic mass is 35.5. The van der Waals surface area contributed by atoms with Crippen molar-refractivity contribution in [2.75, 3.05) is 6.54 Å². The van der Waals surface area contributed by atoms with E-state index in [0.717, 1.165) is 18.4 Å². The number of halogens is 2. The van der Waals surface area contributed by atoms with Gasteiger partial charge in [-0.05, 0) is 36.1 Å². The lowest BCUT2D eigenvalue weighted by Crippen LogP contribution is -2.39. The molecule has 0 saturated heterocycles. The molecule has 2 nitrogen and oxygen atoms in total. The molecule has 1 aliphatic carbocycles. The van der Waals surface area contributed by atoms with Crippen LogP contribution < -0.4 is 5.73 Å². The van der Waals surface area contributed by atoms with Crippen molar-refractivity contribution in [1.29, 1.82) is 0 Å². The molecule has 0 amide bonds. The van der Waals surface area contributed by atoms with E-state index in [1.54, 1.807) is 6.07 Å². The molecule has 0 aliphatic heterocycles. The van der Waals surface area contributed by atoms with Crippen LogP contribution in [0.15, 0.2) is 42.5 Å². The molecule has 0 spiro atoms. The SMILES string of the molecule is NCC1(C(O)c2ccc(F)cc2Cl)CCc2ccccc21. The Bertz CT molecular complexity index is 676. The van der Waals surface area contributed by atoms with Gasteiger partial charge >= 0.3 is 0 Å². The molecule has 21 heavy (non-hydrogen) atoms. The molecule has 0 saturated carbocycles. The van der Waals surface area contributed by atoms with Crippen molar-refractivity contribution >= 4 is 11.6 Å². The monoisotopic (exact) mass is 305 g/mol. The molecular weight excluding hydrogens is 289 g/mol. The van der Waals surface area contributed by atoms with E-state index in [1.165, 1.54) is 17.7 Å². The lowest BCUT2D eigenvalue weighted by atomic mass is 9.74. The smallest absolute Gasteiger partial charge is 0.124 e. The summed E-state index contributed by atoms with van der Waals surface area (Å²) in [6.07, 6.45) is 0.792. The number of hydrogen-bond donors (Lipinski definition) is 2. The third-order valence-corrected chi connectivity index (χ3v) is 4.87. The number of hydrogen-bond acceptors (Lipinski definition) is 2. The summed E-state index contributed by atoms with van der Waals surface area (Å²) in [6, 6.07) is 12.1. The molecule has 2 aromatic carbocycles. The maximum Gasteiger partial charge on any atom is 0.124 e. The van der Waals surface area contributed by atoms with Crippen LogP contribution >= 0.6 is 11.6 Å².